The second-order valence-corrected chi connectivity index (χ2v) is 5.31. The molecule has 2 fully saturated rings. The number of anilines is 1. The van der Waals surface area contributed by atoms with Gasteiger partial charge in [-0.25, -0.2) is 9.97 Å². The number of hydrogen-bond donors (Lipinski definition) is 1. The van der Waals surface area contributed by atoms with E-state index in [2.05, 4.69) is 14.9 Å². The van der Waals surface area contributed by atoms with E-state index in [-0.39, 0.29) is 11.8 Å². The van der Waals surface area contributed by atoms with Gasteiger partial charge in [0, 0.05) is 19.3 Å². The molecule has 5 nitrogen and oxygen atoms in total. The Balaban J connectivity index is 1.81. The van der Waals surface area contributed by atoms with Gasteiger partial charge in [-0.1, -0.05) is 0 Å². The topological polar surface area (TPSA) is 66.3 Å². The molecule has 1 saturated heterocycles. The van der Waals surface area contributed by atoms with Crippen LogP contribution in [0.25, 0.3) is 0 Å². The molecule has 1 N–H and O–H groups in total. The molecule has 0 unspecified atom stereocenters. The molecule has 1 aliphatic heterocycles. The monoisotopic (exact) mass is 247 g/mol. The molecule has 2 atom stereocenters. The fraction of sp³-hybridized carbons (Fsp3) is 0.615. The predicted octanol–water partition coefficient (Wildman–Crippen LogP) is 1.33. The van der Waals surface area contributed by atoms with Crippen LogP contribution in [0, 0.1) is 24.7 Å². The third-order valence-electron chi connectivity index (χ3n) is 4.00. The summed E-state index contributed by atoms with van der Waals surface area (Å²) in [5.74, 6) is 1.58. The van der Waals surface area contributed by atoms with Crippen molar-refractivity contribution >= 4 is 11.8 Å². The quantitative estimate of drug-likeness (QED) is 0.873. The lowest BCUT2D eigenvalue weighted by atomic mass is 9.92. The zero-order valence-electron chi connectivity index (χ0n) is 10.4. The second kappa shape index (κ2) is 4.23. The fourth-order valence-electron chi connectivity index (χ4n) is 2.90. The van der Waals surface area contributed by atoms with Crippen LogP contribution in [-0.2, 0) is 4.79 Å². The summed E-state index contributed by atoms with van der Waals surface area (Å²) < 4.78 is 0. The van der Waals surface area contributed by atoms with Crippen LogP contribution in [0.2, 0.25) is 0 Å². The maximum atomic E-state index is 11.3. The van der Waals surface area contributed by atoms with Gasteiger partial charge in [0.15, 0.2) is 0 Å². The molecule has 5 heteroatoms. The first-order valence-electron chi connectivity index (χ1n) is 6.42. The maximum Gasteiger partial charge on any atom is 0.308 e. The lowest BCUT2D eigenvalue weighted by Crippen LogP contribution is -2.24. The molecular weight excluding hydrogens is 230 g/mol. The Labute approximate surface area is 106 Å². The number of nitrogens with zero attached hydrogens (tertiary/aromatic N) is 3. The lowest BCUT2D eigenvalue weighted by Gasteiger charge is -2.17. The highest BCUT2D eigenvalue weighted by Gasteiger charge is 2.45. The van der Waals surface area contributed by atoms with Crippen LogP contribution in [0.1, 0.15) is 18.7 Å². The van der Waals surface area contributed by atoms with Crippen LogP contribution in [0.5, 0.6) is 0 Å². The molecule has 0 aromatic carbocycles. The Morgan fingerprint density at radius 3 is 2.83 bits per heavy atom. The zero-order chi connectivity index (χ0) is 12.7. The van der Waals surface area contributed by atoms with Crippen molar-refractivity contribution in [1.29, 1.82) is 0 Å². The smallest absolute Gasteiger partial charge is 0.308 e. The van der Waals surface area contributed by atoms with Crippen LogP contribution < -0.4 is 4.90 Å². The normalized spacial score (nSPS) is 27.5. The first kappa shape index (κ1) is 11.4. The molecule has 2 aliphatic rings. The average Bonchev–Trinajstić information content (AvgIpc) is 3.07. The van der Waals surface area contributed by atoms with Crippen LogP contribution in [0.4, 0.5) is 5.82 Å². The fourth-order valence-corrected chi connectivity index (χ4v) is 2.90. The van der Waals surface area contributed by atoms with Crippen molar-refractivity contribution in [1.82, 2.24) is 9.97 Å². The number of hydrogen-bond acceptors (Lipinski definition) is 4. The lowest BCUT2D eigenvalue weighted by molar-refractivity contribution is -0.142. The van der Waals surface area contributed by atoms with E-state index in [1.165, 1.54) is 12.8 Å². The summed E-state index contributed by atoms with van der Waals surface area (Å²) in [6.07, 6.45) is 4.11. The minimum atomic E-state index is -0.667. The zero-order valence-corrected chi connectivity index (χ0v) is 10.4. The Morgan fingerprint density at radius 1 is 1.44 bits per heavy atom. The third kappa shape index (κ3) is 2.05. The third-order valence-corrected chi connectivity index (χ3v) is 4.00. The van der Waals surface area contributed by atoms with Crippen molar-refractivity contribution in [3.05, 3.63) is 18.1 Å². The highest BCUT2D eigenvalue weighted by Crippen LogP contribution is 2.44. The Hall–Kier alpha value is -1.65. The SMILES string of the molecule is Cc1nccc(N2C[C@@H](C(=O)O)[C@H](C3CC3)C2)n1. The molecule has 1 saturated carbocycles. The van der Waals surface area contributed by atoms with Crippen LogP contribution in [-0.4, -0.2) is 34.1 Å². The molecule has 18 heavy (non-hydrogen) atoms. The molecule has 0 bridgehead atoms. The second-order valence-electron chi connectivity index (χ2n) is 5.31. The van der Waals surface area contributed by atoms with Crippen molar-refractivity contribution in [3.63, 3.8) is 0 Å². The van der Waals surface area contributed by atoms with E-state index in [4.69, 9.17) is 0 Å². The first-order valence-corrected chi connectivity index (χ1v) is 6.42. The van der Waals surface area contributed by atoms with Crippen LogP contribution in [0.3, 0.4) is 0 Å². The summed E-state index contributed by atoms with van der Waals surface area (Å²) in [4.78, 5) is 21.9. The van der Waals surface area contributed by atoms with E-state index in [1.54, 1.807) is 6.20 Å². The first-order chi connectivity index (χ1) is 8.65. The van der Waals surface area contributed by atoms with Crippen molar-refractivity contribution in [2.45, 2.75) is 19.8 Å². The van der Waals surface area contributed by atoms with Gasteiger partial charge in [-0.05, 0) is 37.7 Å². The summed E-state index contributed by atoms with van der Waals surface area (Å²) in [6, 6.07) is 1.86. The molecule has 96 valence electrons. The van der Waals surface area contributed by atoms with Gasteiger partial charge in [-0.15, -0.1) is 0 Å². The maximum absolute atomic E-state index is 11.3. The summed E-state index contributed by atoms with van der Waals surface area (Å²) in [5.41, 5.74) is 0. The van der Waals surface area contributed by atoms with E-state index in [0.29, 0.717) is 12.5 Å². The molecule has 1 aromatic rings. The van der Waals surface area contributed by atoms with Crippen LogP contribution in [0.15, 0.2) is 12.3 Å². The average molecular weight is 247 g/mol. The highest BCUT2D eigenvalue weighted by atomic mass is 16.4. The van der Waals surface area contributed by atoms with Gasteiger partial charge in [0.1, 0.15) is 11.6 Å². The van der Waals surface area contributed by atoms with Crippen molar-refractivity contribution in [2.24, 2.45) is 17.8 Å². The Morgan fingerprint density at radius 2 is 2.22 bits per heavy atom. The minimum absolute atomic E-state index is 0.243. The molecule has 0 spiro atoms. The number of rotatable bonds is 3. The minimum Gasteiger partial charge on any atom is -0.481 e. The largest absolute Gasteiger partial charge is 0.481 e. The number of aliphatic carboxylic acids is 1. The van der Waals surface area contributed by atoms with Crippen LogP contribution >= 0.6 is 0 Å². The molecule has 2 heterocycles. The Bertz CT molecular complexity index is 473. The summed E-state index contributed by atoms with van der Waals surface area (Å²) >= 11 is 0. The summed E-state index contributed by atoms with van der Waals surface area (Å²) in [7, 11) is 0. The number of carboxylic acids is 1. The standard InChI is InChI=1S/C13H17N3O2/c1-8-14-5-4-12(15-8)16-6-10(9-2-3-9)11(7-16)13(17)18/h4-5,9-11H,2-3,6-7H2,1H3,(H,17,18)/t10-,11+/m0/s1. The van der Waals surface area contributed by atoms with E-state index >= 15 is 0 Å². The molecular formula is C13H17N3O2. The van der Waals surface area contributed by atoms with E-state index in [0.717, 1.165) is 18.2 Å². The van der Waals surface area contributed by atoms with Gasteiger partial charge < -0.3 is 10.0 Å². The van der Waals surface area contributed by atoms with Gasteiger partial charge in [-0.2, -0.15) is 0 Å². The molecule has 1 aromatic heterocycles. The van der Waals surface area contributed by atoms with Gasteiger partial charge >= 0.3 is 5.97 Å². The number of aromatic nitrogens is 2. The van der Waals surface area contributed by atoms with Gasteiger partial charge in [0.25, 0.3) is 0 Å². The molecule has 0 radical (unpaired) electrons. The van der Waals surface area contributed by atoms with Crippen molar-refractivity contribution in [3.8, 4) is 0 Å². The summed E-state index contributed by atoms with van der Waals surface area (Å²) in [5, 5.41) is 9.32. The van der Waals surface area contributed by atoms with Gasteiger partial charge in [0.05, 0.1) is 5.92 Å². The highest BCUT2D eigenvalue weighted by molar-refractivity contribution is 5.72. The van der Waals surface area contributed by atoms with E-state index in [9.17, 15) is 9.90 Å². The Kier molecular flexibility index (Phi) is 2.69. The summed E-state index contributed by atoms with van der Waals surface area (Å²) in [6.45, 7) is 3.25. The van der Waals surface area contributed by atoms with Crippen molar-refractivity contribution < 1.29 is 9.90 Å². The molecule has 3 rings (SSSR count). The molecule has 0 amide bonds. The van der Waals surface area contributed by atoms with E-state index in [1.807, 2.05) is 13.0 Å². The number of carbonyl (C=O) groups is 1. The van der Waals surface area contributed by atoms with Gasteiger partial charge in [0.2, 0.25) is 0 Å². The van der Waals surface area contributed by atoms with Gasteiger partial charge in [-0.3, -0.25) is 4.79 Å². The number of aryl methyl sites for hydroxylation is 1. The molecule has 1 aliphatic carbocycles. The predicted molar refractivity (Wildman–Crippen MR) is 66.3 cm³/mol. The number of carboxylic acid groups (broad SMARTS) is 1. The van der Waals surface area contributed by atoms with Crippen molar-refractivity contribution in [2.75, 3.05) is 18.0 Å². The van der Waals surface area contributed by atoms with E-state index < -0.39 is 5.97 Å².